The Hall–Kier alpha value is -0.570. The third kappa shape index (κ3) is 2.24. The van der Waals surface area contributed by atoms with Crippen LogP contribution < -0.4 is 5.32 Å². The van der Waals surface area contributed by atoms with E-state index in [0.717, 1.165) is 24.3 Å². The van der Waals surface area contributed by atoms with Crippen LogP contribution >= 0.6 is 0 Å². The minimum absolute atomic E-state index is 0.0522. The molecule has 0 radical (unpaired) electrons. The molecule has 16 heavy (non-hydrogen) atoms. The van der Waals surface area contributed by atoms with Crippen molar-refractivity contribution in [2.45, 2.75) is 38.6 Å². The number of rotatable bonds is 4. The first-order valence-electron chi connectivity index (χ1n) is 6.54. The van der Waals surface area contributed by atoms with Crippen molar-refractivity contribution in [3.63, 3.8) is 0 Å². The minimum atomic E-state index is -0.0522. The van der Waals surface area contributed by atoms with Gasteiger partial charge in [-0.1, -0.05) is 6.42 Å². The van der Waals surface area contributed by atoms with Gasteiger partial charge in [0.15, 0.2) is 0 Å². The van der Waals surface area contributed by atoms with E-state index in [1.54, 1.807) is 0 Å². The lowest BCUT2D eigenvalue weighted by Crippen LogP contribution is -2.43. The van der Waals surface area contributed by atoms with Crippen molar-refractivity contribution < 1.29 is 4.79 Å². The molecule has 92 valence electrons. The van der Waals surface area contributed by atoms with E-state index in [0.29, 0.717) is 0 Å². The molecule has 3 heteroatoms. The molecular formula is C13H24N2O. The Morgan fingerprint density at radius 1 is 1.44 bits per heavy atom. The maximum atomic E-state index is 11.9. The van der Waals surface area contributed by atoms with Crippen LogP contribution in [-0.4, -0.2) is 37.5 Å². The third-order valence-electron chi connectivity index (χ3n) is 4.57. The maximum Gasteiger partial charge on any atom is 0.239 e. The Morgan fingerprint density at radius 2 is 2.19 bits per heavy atom. The summed E-state index contributed by atoms with van der Waals surface area (Å²) in [5, 5.41) is 3.01. The van der Waals surface area contributed by atoms with Crippen LogP contribution in [0, 0.1) is 17.8 Å². The lowest BCUT2D eigenvalue weighted by atomic mass is 9.88. The summed E-state index contributed by atoms with van der Waals surface area (Å²) in [7, 11) is 3.79. The number of fused-ring (bicyclic) bond motifs is 2. The molecule has 4 unspecified atom stereocenters. The van der Waals surface area contributed by atoms with Crippen LogP contribution in [0.2, 0.25) is 0 Å². The molecule has 1 N–H and O–H groups in total. The number of amides is 1. The standard InChI is InChI=1S/C13H24N2O/c1-9(14-2)13(16)15(3)8-12-7-10-4-5-11(12)6-10/h9-12,14H,4-8H2,1-3H3. The molecule has 2 fully saturated rings. The van der Waals surface area contributed by atoms with E-state index in [9.17, 15) is 4.79 Å². The van der Waals surface area contributed by atoms with E-state index in [1.165, 1.54) is 25.7 Å². The second-order valence-electron chi connectivity index (χ2n) is 5.66. The van der Waals surface area contributed by atoms with Gasteiger partial charge in [0, 0.05) is 13.6 Å². The summed E-state index contributed by atoms with van der Waals surface area (Å²) >= 11 is 0. The van der Waals surface area contributed by atoms with Crippen molar-refractivity contribution in [3.05, 3.63) is 0 Å². The molecule has 0 aliphatic heterocycles. The summed E-state index contributed by atoms with van der Waals surface area (Å²) in [6, 6.07) is -0.0522. The van der Waals surface area contributed by atoms with Gasteiger partial charge in [-0.05, 0) is 51.0 Å². The molecule has 2 aliphatic rings. The molecule has 0 aromatic heterocycles. The molecule has 2 rings (SSSR count). The molecule has 0 heterocycles. The van der Waals surface area contributed by atoms with Gasteiger partial charge in [-0.3, -0.25) is 4.79 Å². The van der Waals surface area contributed by atoms with Crippen molar-refractivity contribution in [2.75, 3.05) is 20.6 Å². The highest BCUT2D eigenvalue weighted by Gasteiger charge is 2.40. The molecule has 4 atom stereocenters. The minimum Gasteiger partial charge on any atom is -0.344 e. The molecule has 1 amide bonds. The average molecular weight is 224 g/mol. The van der Waals surface area contributed by atoms with Gasteiger partial charge in [0.1, 0.15) is 0 Å². The molecule has 2 saturated carbocycles. The van der Waals surface area contributed by atoms with Crippen molar-refractivity contribution in [1.29, 1.82) is 0 Å². The lowest BCUT2D eigenvalue weighted by molar-refractivity contribution is -0.132. The number of likely N-dealkylation sites (N-methyl/N-ethyl adjacent to an activating group) is 2. The van der Waals surface area contributed by atoms with Crippen molar-refractivity contribution in [2.24, 2.45) is 17.8 Å². The van der Waals surface area contributed by atoms with E-state index in [4.69, 9.17) is 0 Å². The number of hydrogen-bond donors (Lipinski definition) is 1. The summed E-state index contributed by atoms with van der Waals surface area (Å²) in [6.45, 7) is 2.89. The van der Waals surface area contributed by atoms with E-state index < -0.39 is 0 Å². The van der Waals surface area contributed by atoms with E-state index in [-0.39, 0.29) is 11.9 Å². The van der Waals surface area contributed by atoms with Crippen molar-refractivity contribution >= 4 is 5.91 Å². The first kappa shape index (κ1) is 11.9. The number of nitrogens with one attached hydrogen (secondary N) is 1. The second-order valence-corrected chi connectivity index (χ2v) is 5.66. The van der Waals surface area contributed by atoms with Gasteiger partial charge >= 0.3 is 0 Å². The van der Waals surface area contributed by atoms with E-state index >= 15 is 0 Å². The SMILES string of the molecule is CNC(C)C(=O)N(C)CC1CC2CCC1C2. The Bertz CT molecular complexity index is 267. The number of carbonyl (C=O) groups excluding carboxylic acids is 1. The number of hydrogen-bond acceptors (Lipinski definition) is 2. The van der Waals surface area contributed by atoms with Crippen molar-refractivity contribution in [3.8, 4) is 0 Å². The predicted octanol–water partition coefficient (Wildman–Crippen LogP) is 1.49. The third-order valence-corrected chi connectivity index (χ3v) is 4.57. The quantitative estimate of drug-likeness (QED) is 0.784. The number of carbonyl (C=O) groups is 1. The first-order valence-corrected chi connectivity index (χ1v) is 6.54. The Balaban J connectivity index is 1.83. The highest BCUT2D eigenvalue weighted by atomic mass is 16.2. The molecular weight excluding hydrogens is 200 g/mol. The first-order chi connectivity index (χ1) is 7.61. The number of nitrogens with zero attached hydrogens (tertiary/aromatic N) is 1. The molecule has 0 aromatic carbocycles. The fourth-order valence-electron chi connectivity index (χ4n) is 3.50. The van der Waals surface area contributed by atoms with Crippen LogP contribution in [0.1, 0.15) is 32.6 Å². The smallest absolute Gasteiger partial charge is 0.239 e. The van der Waals surface area contributed by atoms with Crippen LogP contribution in [-0.2, 0) is 4.79 Å². The Labute approximate surface area is 98.6 Å². The van der Waals surface area contributed by atoms with Crippen LogP contribution in [0.5, 0.6) is 0 Å². The summed E-state index contributed by atoms with van der Waals surface area (Å²) < 4.78 is 0. The maximum absolute atomic E-state index is 11.9. The molecule has 3 nitrogen and oxygen atoms in total. The Kier molecular flexibility index (Phi) is 3.53. The fraction of sp³-hybridized carbons (Fsp3) is 0.923. The highest BCUT2D eigenvalue weighted by molar-refractivity contribution is 5.81. The second kappa shape index (κ2) is 4.74. The fourth-order valence-corrected chi connectivity index (χ4v) is 3.50. The summed E-state index contributed by atoms with van der Waals surface area (Å²) in [5.74, 6) is 2.88. The highest BCUT2D eigenvalue weighted by Crippen LogP contribution is 2.48. The van der Waals surface area contributed by atoms with Gasteiger partial charge in [0.2, 0.25) is 5.91 Å². The van der Waals surface area contributed by atoms with Gasteiger partial charge in [-0.2, -0.15) is 0 Å². The normalized spacial score (nSPS) is 34.1. The molecule has 0 saturated heterocycles. The van der Waals surface area contributed by atoms with Gasteiger partial charge < -0.3 is 10.2 Å². The van der Waals surface area contributed by atoms with Crippen molar-refractivity contribution in [1.82, 2.24) is 10.2 Å². The van der Waals surface area contributed by atoms with Crippen LogP contribution in [0.3, 0.4) is 0 Å². The topological polar surface area (TPSA) is 32.3 Å². The summed E-state index contributed by atoms with van der Waals surface area (Å²) in [6.07, 6.45) is 5.62. The van der Waals surface area contributed by atoms with Gasteiger partial charge in [-0.15, -0.1) is 0 Å². The Morgan fingerprint density at radius 3 is 2.69 bits per heavy atom. The zero-order chi connectivity index (χ0) is 11.7. The van der Waals surface area contributed by atoms with Crippen LogP contribution in [0.4, 0.5) is 0 Å². The zero-order valence-corrected chi connectivity index (χ0v) is 10.7. The molecule has 2 bridgehead atoms. The van der Waals surface area contributed by atoms with Crippen LogP contribution in [0.15, 0.2) is 0 Å². The van der Waals surface area contributed by atoms with Gasteiger partial charge in [-0.25, -0.2) is 0 Å². The van der Waals surface area contributed by atoms with Crippen LogP contribution in [0.25, 0.3) is 0 Å². The van der Waals surface area contributed by atoms with E-state index in [2.05, 4.69) is 5.32 Å². The molecule has 2 aliphatic carbocycles. The lowest BCUT2D eigenvalue weighted by Gasteiger charge is -2.28. The largest absolute Gasteiger partial charge is 0.344 e. The molecule has 0 spiro atoms. The summed E-state index contributed by atoms with van der Waals surface area (Å²) in [4.78, 5) is 13.9. The predicted molar refractivity (Wildman–Crippen MR) is 65.1 cm³/mol. The average Bonchev–Trinajstić information content (AvgIpc) is 2.88. The van der Waals surface area contributed by atoms with Gasteiger partial charge in [0.05, 0.1) is 6.04 Å². The van der Waals surface area contributed by atoms with E-state index in [1.807, 2.05) is 25.9 Å². The summed E-state index contributed by atoms with van der Waals surface area (Å²) in [5.41, 5.74) is 0. The molecule has 0 aromatic rings. The van der Waals surface area contributed by atoms with Gasteiger partial charge in [0.25, 0.3) is 0 Å². The zero-order valence-electron chi connectivity index (χ0n) is 10.7. The monoisotopic (exact) mass is 224 g/mol.